The van der Waals surface area contributed by atoms with Crippen LogP contribution in [0.5, 0.6) is 11.5 Å². The third kappa shape index (κ3) is 6.21. The van der Waals surface area contributed by atoms with E-state index in [-0.39, 0.29) is 5.56 Å². The summed E-state index contributed by atoms with van der Waals surface area (Å²) in [6.07, 6.45) is -5.94. The molecule has 9 heteroatoms. The highest BCUT2D eigenvalue weighted by molar-refractivity contribution is 5.97. The fourth-order valence-corrected chi connectivity index (χ4v) is 1.99. The molecular formula is C18H16F3NO5. The van der Waals surface area contributed by atoms with E-state index in [0.29, 0.717) is 11.4 Å². The molecule has 0 aliphatic rings. The third-order valence-electron chi connectivity index (χ3n) is 3.33. The van der Waals surface area contributed by atoms with Crippen LogP contribution in [0.3, 0.4) is 0 Å². The molecule has 0 fully saturated rings. The molecule has 0 saturated heterocycles. The van der Waals surface area contributed by atoms with E-state index in [0.717, 1.165) is 24.3 Å². The van der Waals surface area contributed by atoms with Crippen LogP contribution in [0.2, 0.25) is 0 Å². The van der Waals surface area contributed by atoms with E-state index in [9.17, 15) is 22.8 Å². The predicted octanol–water partition coefficient (Wildman–Crippen LogP) is 3.78. The number of amides is 1. The minimum Gasteiger partial charge on any atom is -0.497 e. The largest absolute Gasteiger partial charge is 0.573 e. The number of hydrogen-bond acceptors (Lipinski definition) is 5. The Balaban J connectivity index is 1.92. The van der Waals surface area contributed by atoms with Crippen LogP contribution in [0, 0.1) is 0 Å². The average Bonchev–Trinajstić information content (AvgIpc) is 2.61. The van der Waals surface area contributed by atoms with E-state index in [1.807, 2.05) is 0 Å². The maximum Gasteiger partial charge on any atom is 0.573 e. The minimum atomic E-state index is -4.82. The second kappa shape index (κ2) is 8.43. The summed E-state index contributed by atoms with van der Waals surface area (Å²) in [6, 6.07) is 10.7. The van der Waals surface area contributed by atoms with Crippen molar-refractivity contribution in [3.8, 4) is 11.5 Å². The average molecular weight is 383 g/mol. The normalized spacial score (nSPS) is 12.0. The van der Waals surface area contributed by atoms with Gasteiger partial charge < -0.3 is 19.5 Å². The van der Waals surface area contributed by atoms with E-state index in [2.05, 4.69) is 10.1 Å². The summed E-state index contributed by atoms with van der Waals surface area (Å²) >= 11 is 0. The number of carbonyl (C=O) groups excluding carboxylic acids is 2. The van der Waals surface area contributed by atoms with Gasteiger partial charge in [0.1, 0.15) is 11.5 Å². The molecule has 27 heavy (non-hydrogen) atoms. The van der Waals surface area contributed by atoms with Crippen LogP contribution >= 0.6 is 0 Å². The summed E-state index contributed by atoms with van der Waals surface area (Å²) in [7, 11) is 1.51. The number of benzene rings is 2. The summed E-state index contributed by atoms with van der Waals surface area (Å²) in [5.74, 6) is -1.27. The molecule has 2 rings (SSSR count). The molecule has 0 saturated carbocycles. The van der Waals surface area contributed by atoms with Gasteiger partial charge in [-0.25, -0.2) is 4.79 Å². The second-order valence-electron chi connectivity index (χ2n) is 5.34. The van der Waals surface area contributed by atoms with Crippen molar-refractivity contribution < 1.29 is 37.0 Å². The summed E-state index contributed by atoms with van der Waals surface area (Å²) in [4.78, 5) is 24.1. The first-order chi connectivity index (χ1) is 12.7. The van der Waals surface area contributed by atoms with Crippen molar-refractivity contribution in [2.24, 2.45) is 0 Å². The predicted molar refractivity (Wildman–Crippen MR) is 89.6 cm³/mol. The Kier molecular flexibility index (Phi) is 6.27. The lowest BCUT2D eigenvalue weighted by atomic mass is 10.2. The Bertz CT molecular complexity index is 788. The number of esters is 1. The van der Waals surface area contributed by atoms with Crippen LogP contribution in [-0.4, -0.2) is 31.5 Å². The van der Waals surface area contributed by atoms with Crippen molar-refractivity contribution in [3.63, 3.8) is 0 Å². The Morgan fingerprint density at radius 3 is 2.04 bits per heavy atom. The number of halogens is 3. The first-order valence-electron chi connectivity index (χ1n) is 7.69. The molecule has 0 heterocycles. The maximum absolute atomic E-state index is 12.1. The molecule has 144 valence electrons. The third-order valence-corrected chi connectivity index (χ3v) is 3.33. The van der Waals surface area contributed by atoms with Crippen molar-refractivity contribution in [1.82, 2.24) is 0 Å². The van der Waals surface area contributed by atoms with Gasteiger partial charge in [0.2, 0.25) is 0 Å². The fraction of sp³-hybridized carbons (Fsp3) is 0.222. The number of anilines is 1. The van der Waals surface area contributed by atoms with Gasteiger partial charge in [-0.15, -0.1) is 13.2 Å². The highest BCUT2D eigenvalue weighted by Crippen LogP contribution is 2.23. The summed E-state index contributed by atoms with van der Waals surface area (Å²) < 4.78 is 50.1. The number of hydrogen-bond donors (Lipinski definition) is 1. The maximum atomic E-state index is 12.1. The van der Waals surface area contributed by atoms with Gasteiger partial charge in [0.15, 0.2) is 6.10 Å². The number of ether oxygens (including phenoxy) is 3. The van der Waals surface area contributed by atoms with E-state index < -0.39 is 30.1 Å². The lowest BCUT2D eigenvalue weighted by molar-refractivity contribution is -0.274. The second-order valence-corrected chi connectivity index (χ2v) is 5.34. The molecule has 2 aromatic rings. The van der Waals surface area contributed by atoms with Gasteiger partial charge in [-0.3, -0.25) is 4.79 Å². The van der Waals surface area contributed by atoms with Gasteiger partial charge >= 0.3 is 12.3 Å². The molecule has 2 aromatic carbocycles. The molecule has 0 radical (unpaired) electrons. The first kappa shape index (κ1) is 20.1. The molecule has 6 nitrogen and oxygen atoms in total. The molecular weight excluding hydrogens is 367 g/mol. The molecule has 1 amide bonds. The number of nitrogens with one attached hydrogen (secondary N) is 1. The topological polar surface area (TPSA) is 73.9 Å². The van der Waals surface area contributed by atoms with Crippen LogP contribution in [0.15, 0.2) is 48.5 Å². The van der Waals surface area contributed by atoms with E-state index >= 15 is 0 Å². The van der Waals surface area contributed by atoms with E-state index in [1.54, 1.807) is 24.3 Å². The van der Waals surface area contributed by atoms with Crippen LogP contribution in [-0.2, 0) is 9.53 Å². The van der Waals surface area contributed by atoms with Gasteiger partial charge in [-0.1, -0.05) is 0 Å². The highest BCUT2D eigenvalue weighted by Gasteiger charge is 2.31. The Morgan fingerprint density at radius 1 is 0.963 bits per heavy atom. The van der Waals surface area contributed by atoms with Gasteiger partial charge in [-0.2, -0.15) is 0 Å². The molecule has 0 aliphatic heterocycles. The van der Waals surface area contributed by atoms with Gasteiger partial charge in [0, 0.05) is 5.69 Å². The molecule has 0 aliphatic carbocycles. The SMILES string of the molecule is COc1ccc(NC(=O)[C@@H](C)OC(=O)c2ccc(OC(F)(F)F)cc2)cc1. The van der Waals surface area contributed by atoms with Crippen LogP contribution < -0.4 is 14.8 Å². The summed E-state index contributed by atoms with van der Waals surface area (Å²) in [5, 5.41) is 2.57. The number of alkyl halides is 3. The summed E-state index contributed by atoms with van der Waals surface area (Å²) in [5.41, 5.74) is 0.464. The fourth-order valence-electron chi connectivity index (χ4n) is 1.99. The van der Waals surface area contributed by atoms with Crippen molar-refractivity contribution in [2.45, 2.75) is 19.4 Å². The lowest BCUT2D eigenvalue weighted by Gasteiger charge is -2.14. The van der Waals surface area contributed by atoms with Crippen molar-refractivity contribution in [1.29, 1.82) is 0 Å². The van der Waals surface area contributed by atoms with Crippen molar-refractivity contribution in [3.05, 3.63) is 54.1 Å². The van der Waals surface area contributed by atoms with Gasteiger partial charge in [0.05, 0.1) is 12.7 Å². The Morgan fingerprint density at radius 2 is 1.52 bits per heavy atom. The smallest absolute Gasteiger partial charge is 0.497 e. The van der Waals surface area contributed by atoms with Crippen LogP contribution in [0.25, 0.3) is 0 Å². The molecule has 0 unspecified atom stereocenters. The van der Waals surface area contributed by atoms with Crippen molar-refractivity contribution in [2.75, 3.05) is 12.4 Å². The highest BCUT2D eigenvalue weighted by atomic mass is 19.4. The first-order valence-corrected chi connectivity index (χ1v) is 7.69. The molecule has 0 spiro atoms. The number of rotatable bonds is 6. The minimum absolute atomic E-state index is 0.0198. The zero-order chi connectivity index (χ0) is 20.0. The van der Waals surface area contributed by atoms with E-state index in [1.165, 1.54) is 14.0 Å². The zero-order valence-electron chi connectivity index (χ0n) is 14.4. The Hall–Kier alpha value is -3.23. The van der Waals surface area contributed by atoms with Crippen LogP contribution in [0.4, 0.5) is 18.9 Å². The standard InChI is InChI=1S/C18H16F3NO5/c1-11(16(23)22-13-5-9-14(25-2)10-6-13)26-17(24)12-3-7-15(8-4-12)27-18(19,20)21/h3-11H,1-2H3,(H,22,23)/t11-/m1/s1. The molecule has 0 bridgehead atoms. The van der Waals surface area contributed by atoms with Gasteiger partial charge in [0.25, 0.3) is 5.91 Å². The van der Waals surface area contributed by atoms with Gasteiger partial charge in [-0.05, 0) is 55.5 Å². The molecule has 1 N–H and O–H groups in total. The van der Waals surface area contributed by atoms with Crippen molar-refractivity contribution >= 4 is 17.6 Å². The number of carbonyl (C=O) groups is 2. The quantitative estimate of drug-likeness (QED) is 0.769. The molecule has 1 atom stereocenters. The lowest BCUT2D eigenvalue weighted by Crippen LogP contribution is -2.30. The zero-order valence-corrected chi connectivity index (χ0v) is 14.4. The number of methoxy groups -OCH3 is 1. The van der Waals surface area contributed by atoms with E-state index in [4.69, 9.17) is 9.47 Å². The summed E-state index contributed by atoms with van der Waals surface area (Å²) in [6.45, 7) is 1.37. The monoisotopic (exact) mass is 383 g/mol. The Labute approximate surface area is 152 Å². The van der Waals surface area contributed by atoms with Crippen LogP contribution in [0.1, 0.15) is 17.3 Å². The molecule has 0 aromatic heterocycles.